The Morgan fingerprint density at radius 3 is 2.57 bits per heavy atom. The van der Waals surface area contributed by atoms with Crippen molar-refractivity contribution in [1.29, 1.82) is 0 Å². The molecule has 0 radical (unpaired) electrons. The van der Waals surface area contributed by atoms with E-state index in [4.69, 9.17) is 9.47 Å². The summed E-state index contributed by atoms with van der Waals surface area (Å²) in [5.41, 5.74) is 0.880. The molecule has 0 fully saturated rings. The first-order chi connectivity index (χ1) is 6.65. The van der Waals surface area contributed by atoms with E-state index in [0.717, 1.165) is 11.3 Å². The van der Waals surface area contributed by atoms with E-state index in [2.05, 4.69) is 0 Å². The predicted octanol–water partition coefficient (Wildman–Crippen LogP) is 2.32. The number of rotatable bonds is 3. The van der Waals surface area contributed by atoms with Crippen LogP contribution in [0.2, 0.25) is 0 Å². The summed E-state index contributed by atoms with van der Waals surface area (Å²) in [6, 6.07) is 7.49. The lowest BCUT2D eigenvalue weighted by Crippen LogP contribution is -2.06. The van der Waals surface area contributed by atoms with Gasteiger partial charge in [0, 0.05) is 12.5 Å². The molecule has 0 bridgehead atoms. The van der Waals surface area contributed by atoms with Crippen molar-refractivity contribution in [2.24, 2.45) is 0 Å². The number of para-hydroxylation sites is 1. The summed E-state index contributed by atoms with van der Waals surface area (Å²) in [4.78, 5) is 10.8. The van der Waals surface area contributed by atoms with Crippen LogP contribution in [0.4, 0.5) is 0 Å². The van der Waals surface area contributed by atoms with Crippen molar-refractivity contribution in [3.63, 3.8) is 0 Å². The Morgan fingerprint density at radius 2 is 2.00 bits per heavy atom. The van der Waals surface area contributed by atoms with Crippen molar-refractivity contribution in [3.8, 4) is 5.75 Å². The van der Waals surface area contributed by atoms with Crippen LogP contribution < -0.4 is 4.74 Å². The molecule has 0 aliphatic rings. The number of ether oxygens (including phenoxy) is 2. The van der Waals surface area contributed by atoms with Crippen LogP contribution in [0.5, 0.6) is 5.75 Å². The van der Waals surface area contributed by atoms with E-state index in [1.165, 1.54) is 6.92 Å². The number of carbonyl (C=O) groups excluding carboxylic acids is 1. The zero-order valence-corrected chi connectivity index (χ0v) is 8.61. The van der Waals surface area contributed by atoms with Crippen LogP contribution in [0.15, 0.2) is 24.3 Å². The first kappa shape index (κ1) is 10.6. The van der Waals surface area contributed by atoms with Gasteiger partial charge in [-0.2, -0.15) is 0 Å². The summed E-state index contributed by atoms with van der Waals surface area (Å²) in [6.45, 7) is 3.21. The maximum atomic E-state index is 10.8. The highest BCUT2D eigenvalue weighted by molar-refractivity contribution is 5.66. The Kier molecular flexibility index (Phi) is 3.51. The molecule has 14 heavy (non-hydrogen) atoms. The fraction of sp³-hybridized carbons (Fsp3) is 0.364. The molecule has 0 aromatic heterocycles. The van der Waals surface area contributed by atoms with Crippen LogP contribution in [-0.4, -0.2) is 13.1 Å². The lowest BCUT2D eigenvalue weighted by atomic mass is 10.1. The van der Waals surface area contributed by atoms with E-state index in [1.807, 2.05) is 31.2 Å². The third-order valence-electron chi connectivity index (χ3n) is 1.92. The second kappa shape index (κ2) is 4.65. The highest BCUT2D eigenvalue weighted by atomic mass is 16.5. The fourth-order valence-electron chi connectivity index (χ4n) is 1.31. The largest absolute Gasteiger partial charge is 0.496 e. The van der Waals surface area contributed by atoms with E-state index in [0.29, 0.717) is 0 Å². The average molecular weight is 194 g/mol. The van der Waals surface area contributed by atoms with Gasteiger partial charge in [-0.3, -0.25) is 4.79 Å². The molecule has 0 N–H and O–H groups in total. The lowest BCUT2D eigenvalue weighted by Gasteiger charge is -2.15. The number of benzene rings is 1. The second-order valence-electron chi connectivity index (χ2n) is 2.99. The van der Waals surface area contributed by atoms with Gasteiger partial charge < -0.3 is 9.47 Å². The van der Waals surface area contributed by atoms with E-state index >= 15 is 0 Å². The predicted molar refractivity (Wildman–Crippen MR) is 53.2 cm³/mol. The van der Waals surface area contributed by atoms with Crippen molar-refractivity contribution in [1.82, 2.24) is 0 Å². The van der Waals surface area contributed by atoms with Gasteiger partial charge in [-0.05, 0) is 13.0 Å². The van der Waals surface area contributed by atoms with Crippen molar-refractivity contribution in [2.45, 2.75) is 20.0 Å². The summed E-state index contributed by atoms with van der Waals surface area (Å²) in [6.07, 6.45) is -0.274. The molecule has 1 rings (SSSR count). The fourth-order valence-corrected chi connectivity index (χ4v) is 1.31. The van der Waals surface area contributed by atoms with E-state index in [1.54, 1.807) is 7.11 Å². The van der Waals surface area contributed by atoms with Crippen LogP contribution in [-0.2, 0) is 9.53 Å². The van der Waals surface area contributed by atoms with Crippen LogP contribution in [0.1, 0.15) is 25.5 Å². The third-order valence-corrected chi connectivity index (χ3v) is 1.92. The zero-order chi connectivity index (χ0) is 10.6. The van der Waals surface area contributed by atoms with Crippen LogP contribution in [0.25, 0.3) is 0 Å². The van der Waals surface area contributed by atoms with Crippen LogP contribution in [0, 0.1) is 0 Å². The SMILES string of the molecule is COc1ccccc1[C@@H](C)OC(C)=O. The number of hydrogen-bond acceptors (Lipinski definition) is 3. The molecule has 0 aliphatic heterocycles. The van der Waals surface area contributed by atoms with Gasteiger partial charge in [0.1, 0.15) is 11.9 Å². The number of methoxy groups -OCH3 is 1. The molecule has 3 nitrogen and oxygen atoms in total. The summed E-state index contributed by atoms with van der Waals surface area (Å²) >= 11 is 0. The van der Waals surface area contributed by atoms with E-state index < -0.39 is 0 Å². The normalized spacial score (nSPS) is 11.9. The van der Waals surface area contributed by atoms with Gasteiger partial charge >= 0.3 is 5.97 Å². The molecule has 76 valence electrons. The minimum Gasteiger partial charge on any atom is -0.496 e. The molecule has 0 spiro atoms. The molecule has 0 unspecified atom stereocenters. The Balaban J connectivity index is 2.87. The summed E-state index contributed by atoms with van der Waals surface area (Å²) in [5.74, 6) is 0.449. The monoisotopic (exact) mass is 194 g/mol. The standard InChI is InChI=1S/C11H14O3/c1-8(14-9(2)12)10-6-4-5-7-11(10)13-3/h4-8H,1-3H3/t8-/m1/s1. The van der Waals surface area contributed by atoms with Gasteiger partial charge in [0.15, 0.2) is 0 Å². The second-order valence-corrected chi connectivity index (χ2v) is 2.99. The van der Waals surface area contributed by atoms with Crippen molar-refractivity contribution >= 4 is 5.97 Å². The van der Waals surface area contributed by atoms with Crippen molar-refractivity contribution in [3.05, 3.63) is 29.8 Å². The Morgan fingerprint density at radius 1 is 1.36 bits per heavy atom. The van der Waals surface area contributed by atoms with E-state index in [9.17, 15) is 4.79 Å². The molecule has 0 aliphatic carbocycles. The molecule has 1 aromatic carbocycles. The molecular formula is C11H14O3. The highest BCUT2D eigenvalue weighted by Crippen LogP contribution is 2.26. The van der Waals surface area contributed by atoms with Gasteiger partial charge in [-0.25, -0.2) is 0 Å². The molecular weight excluding hydrogens is 180 g/mol. The third kappa shape index (κ3) is 2.49. The lowest BCUT2D eigenvalue weighted by molar-refractivity contribution is -0.145. The maximum absolute atomic E-state index is 10.8. The molecule has 3 heteroatoms. The van der Waals surface area contributed by atoms with Gasteiger partial charge in [0.05, 0.1) is 7.11 Å². The first-order valence-electron chi connectivity index (χ1n) is 4.45. The quantitative estimate of drug-likeness (QED) is 0.693. The zero-order valence-electron chi connectivity index (χ0n) is 8.61. The number of esters is 1. The molecule has 0 saturated carbocycles. The highest BCUT2D eigenvalue weighted by Gasteiger charge is 2.12. The smallest absolute Gasteiger partial charge is 0.303 e. The van der Waals surface area contributed by atoms with Gasteiger partial charge in [-0.1, -0.05) is 18.2 Å². The molecule has 0 amide bonds. The van der Waals surface area contributed by atoms with Gasteiger partial charge in [-0.15, -0.1) is 0 Å². The summed E-state index contributed by atoms with van der Waals surface area (Å²) in [7, 11) is 1.60. The Bertz CT molecular complexity index is 320. The average Bonchev–Trinajstić information content (AvgIpc) is 2.16. The molecule has 1 aromatic rings. The molecule has 0 saturated heterocycles. The van der Waals surface area contributed by atoms with Crippen molar-refractivity contribution in [2.75, 3.05) is 7.11 Å². The van der Waals surface area contributed by atoms with Crippen LogP contribution >= 0.6 is 0 Å². The number of carbonyl (C=O) groups is 1. The summed E-state index contributed by atoms with van der Waals surface area (Å²) < 4.78 is 10.2. The first-order valence-corrected chi connectivity index (χ1v) is 4.45. The minimum atomic E-state index is -0.289. The topological polar surface area (TPSA) is 35.5 Å². The van der Waals surface area contributed by atoms with Gasteiger partial charge in [0.25, 0.3) is 0 Å². The summed E-state index contributed by atoms with van der Waals surface area (Å²) in [5, 5.41) is 0. The van der Waals surface area contributed by atoms with Crippen LogP contribution in [0.3, 0.4) is 0 Å². The number of hydrogen-bond donors (Lipinski definition) is 0. The molecule has 0 heterocycles. The van der Waals surface area contributed by atoms with Gasteiger partial charge in [0.2, 0.25) is 0 Å². The Labute approximate surface area is 83.6 Å². The molecule has 1 atom stereocenters. The minimum absolute atomic E-state index is 0.274. The van der Waals surface area contributed by atoms with Crippen molar-refractivity contribution < 1.29 is 14.3 Å². The maximum Gasteiger partial charge on any atom is 0.303 e. The van der Waals surface area contributed by atoms with E-state index in [-0.39, 0.29) is 12.1 Å². The Hall–Kier alpha value is -1.51.